The Balaban J connectivity index is 1.21. The van der Waals surface area contributed by atoms with Crippen molar-refractivity contribution in [2.45, 2.75) is 25.7 Å². The van der Waals surface area contributed by atoms with E-state index >= 15 is 0 Å². The molecule has 7 aromatic rings. The average molecular weight is 594 g/mol. The minimum Gasteiger partial charge on any atom is -0.456 e. The third-order valence-corrected chi connectivity index (χ3v) is 9.78. The summed E-state index contributed by atoms with van der Waals surface area (Å²) in [6.45, 7) is 4.72. The van der Waals surface area contributed by atoms with Gasteiger partial charge in [-0.2, -0.15) is 0 Å². The van der Waals surface area contributed by atoms with Gasteiger partial charge in [-0.25, -0.2) is 15.0 Å². The molecule has 0 radical (unpaired) electrons. The molecule has 46 heavy (non-hydrogen) atoms. The van der Waals surface area contributed by atoms with Gasteiger partial charge in [0.05, 0.1) is 0 Å². The monoisotopic (exact) mass is 593 g/mol. The van der Waals surface area contributed by atoms with Crippen LogP contribution < -0.4 is 0 Å². The van der Waals surface area contributed by atoms with Crippen LogP contribution in [-0.4, -0.2) is 15.0 Å². The Kier molecular flexibility index (Phi) is 5.94. The molecule has 0 bridgehead atoms. The summed E-state index contributed by atoms with van der Waals surface area (Å²) >= 11 is 0. The molecule has 0 N–H and O–H groups in total. The van der Waals surface area contributed by atoms with Crippen LogP contribution >= 0.6 is 0 Å². The molecule has 4 nitrogen and oxygen atoms in total. The summed E-state index contributed by atoms with van der Waals surface area (Å²) in [6.07, 6.45) is 7.82. The number of rotatable bonds is 4. The van der Waals surface area contributed by atoms with Crippen LogP contribution in [0.5, 0.6) is 0 Å². The van der Waals surface area contributed by atoms with E-state index in [2.05, 4.69) is 111 Å². The van der Waals surface area contributed by atoms with E-state index in [0.29, 0.717) is 23.4 Å². The summed E-state index contributed by atoms with van der Waals surface area (Å²) in [5, 5.41) is 2.20. The molecule has 0 amide bonds. The first-order valence-electron chi connectivity index (χ1n) is 15.9. The van der Waals surface area contributed by atoms with Gasteiger partial charge in [0.2, 0.25) is 0 Å². The highest BCUT2D eigenvalue weighted by Gasteiger charge is 2.44. The first-order valence-corrected chi connectivity index (χ1v) is 15.9. The number of hydrogen-bond donors (Lipinski definition) is 0. The lowest BCUT2D eigenvalue weighted by atomic mass is 9.74. The standard InChI is InChI=1S/C42H31N3O/c1-42(2)35-19-10-9-18-31(35)32-21-22-33-34-25-30(20-23-36(34)46-38(33)37(32)42)41-44-39(27-14-7-4-8-15-27)43-40(45-41)29-17-11-16-28(24-29)26-12-5-3-6-13-26/h3-18,20-25,35H,19H2,1-2H3. The van der Waals surface area contributed by atoms with Crippen molar-refractivity contribution in [2.24, 2.45) is 5.92 Å². The Morgan fingerprint density at radius 1 is 0.609 bits per heavy atom. The van der Waals surface area contributed by atoms with Gasteiger partial charge >= 0.3 is 0 Å². The van der Waals surface area contributed by atoms with Crippen LogP contribution in [-0.2, 0) is 5.41 Å². The van der Waals surface area contributed by atoms with E-state index in [9.17, 15) is 0 Å². The maximum atomic E-state index is 6.67. The summed E-state index contributed by atoms with van der Waals surface area (Å²) in [5.41, 5.74) is 11.0. The maximum Gasteiger partial charge on any atom is 0.164 e. The zero-order chi connectivity index (χ0) is 30.8. The molecule has 0 aliphatic heterocycles. The summed E-state index contributed by atoms with van der Waals surface area (Å²) in [6, 6.07) is 39.8. The first kappa shape index (κ1) is 26.8. The normalized spacial score (nSPS) is 16.4. The molecule has 4 heteroatoms. The van der Waals surface area contributed by atoms with Crippen LogP contribution in [0.4, 0.5) is 0 Å². The Labute approximate surface area is 267 Å². The number of benzene rings is 5. The smallest absolute Gasteiger partial charge is 0.164 e. The van der Waals surface area contributed by atoms with Gasteiger partial charge in [-0.05, 0) is 64.9 Å². The van der Waals surface area contributed by atoms with E-state index in [1.54, 1.807) is 0 Å². The molecule has 2 aromatic heterocycles. The van der Waals surface area contributed by atoms with Crippen molar-refractivity contribution in [1.29, 1.82) is 0 Å². The zero-order valence-electron chi connectivity index (χ0n) is 25.7. The summed E-state index contributed by atoms with van der Waals surface area (Å²) in [7, 11) is 0. The zero-order valence-corrected chi connectivity index (χ0v) is 25.7. The van der Waals surface area contributed by atoms with Crippen molar-refractivity contribution in [2.75, 3.05) is 0 Å². The Morgan fingerprint density at radius 3 is 2.02 bits per heavy atom. The second-order valence-electron chi connectivity index (χ2n) is 12.9. The number of fused-ring (bicyclic) bond motifs is 7. The van der Waals surface area contributed by atoms with E-state index in [1.165, 1.54) is 16.7 Å². The Hall–Kier alpha value is -5.61. The molecule has 0 saturated carbocycles. The largest absolute Gasteiger partial charge is 0.456 e. The molecule has 0 saturated heterocycles. The van der Waals surface area contributed by atoms with E-state index in [-0.39, 0.29) is 5.41 Å². The highest BCUT2D eigenvalue weighted by molar-refractivity contribution is 6.09. The van der Waals surface area contributed by atoms with Crippen molar-refractivity contribution >= 4 is 27.5 Å². The van der Waals surface area contributed by atoms with Gasteiger partial charge in [0.15, 0.2) is 17.5 Å². The number of aromatic nitrogens is 3. The van der Waals surface area contributed by atoms with Crippen LogP contribution in [0.25, 0.3) is 72.8 Å². The van der Waals surface area contributed by atoms with Crippen LogP contribution in [0, 0.1) is 5.92 Å². The molecule has 1 atom stereocenters. The van der Waals surface area contributed by atoms with Crippen molar-refractivity contribution in [3.05, 3.63) is 145 Å². The minimum atomic E-state index is -0.0237. The minimum absolute atomic E-state index is 0.0237. The van der Waals surface area contributed by atoms with Gasteiger partial charge in [-0.3, -0.25) is 0 Å². The van der Waals surface area contributed by atoms with Crippen LogP contribution in [0.1, 0.15) is 31.4 Å². The molecule has 1 unspecified atom stereocenters. The molecular formula is C42H31N3O. The average Bonchev–Trinajstić information content (AvgIpc) is 3.60. The Bertz CT molecular complexity index is 2360. The quantitative estimate of drug-likeness (QED) is 0.204. The molecule has 220 valence electrons. The van der Waals surface area contributed by atoms with Gasteiger partial charge in [-0.1, -0.05) is 117 Å². The third-order valence-electron chi connectivity index (χ3n) is 9.78. The second-order valence-corrected chi connectivity index (χ2v) is 12.9. The van der Waals surface area contributed by atoms with E-state index in [1.807, 2.05) is 36.4 Å². The second kappa shape index (κ2) is 10.2. The van der Waals surface area contributed by atoms with Crippen molar-refractivity contribution in [1.82, 2.24) is 15.0 Å². The summed E-state index contributed by atoms with van der Waals surface area (Å²) in [5.74, 6) is 2.38. The summed E-state index contributed by atoms with van der Waals surface area (Å²) in [4.78, 5) is 15.1. The van der Waals surface area contributed by atoms with Gasteiger partial charge in [-0.15, -0.1) is 0 Å². The highest BCUT2D eigenvalue weighted by Crippen LogP contribution is 2.55. The third kappa shape index (κ3) is 4.17. The first-order chi connectivity index (χ1) is 22.5. The Morgan fingerprint density at radius 2 is 1.26 bits per heavy atom. The fourth-order valence-corrected chi connectivity index (χ4v) is 7.44. The molecule has 2 aliphatic rings. The number of nitrogens with zero attached hydrogens (tertiary/aromatic N) is 3. The molecule has 5 aromatic carbocycles. The van der Waals surface area contributed by atoms with Crippen molar-refractivity contribution < 1.29 is 4.42 Å². The predicted octanol–water partition coefficient (Wildman–Crippen LogP) is 10.7. The lowest BCUT2D eigenvalue weighted by molar-refractivity contribution is 0.413. The number of allylic oxidation sites excluding steroid dienone is 4. The lowest BCUT2D eigenvalue weighted by Gasteiger charge is -2.29. The van der Waals surface area contributed by atoms with Crippen LogP contribution in [0.15, 0.2) is 138 Å². The SMILES string of the molecule is CC1(C)c2c(ccc3c2oc2ccc(-c4nc(-c5ccccc5)nc(-c5cccc(-c6ccccc6)c5)n4)cc23)C2=CC=CCC21. The number of furan rings is 1. The fourth-order valence-electron chi connectivity index (χ4n) is 7.44. The van der Waals surface area contributed by atoms with E-state index in [0.717, 1.165) is 56.2 Å². The van der Waals surface area contributed by atoms with Crippen molar-refractivity contribution in [3.8, 4) is 45.3 Å². The number of hydrogen-bond acceptors (Lipinski definition) is 4. The predicted molar refractivity (Wildman–Crippen MR) is 187 cm³/mol. The van der Waals surface area contributed by atoms with Gasteiger partial charge in [0, 0.05) is 38.4 Å². The van der Waals surface area contributed by atoms with Gasteiger partial charge in [0.25, 0.3) is 0 Å². The topological polar surface area (TPSA) is 51.8 Å². The molecule has 2 aliphatic carbocycles. The molecular weight excluding hydrogens is 562 g/mol. The highest BCUT2D eigenvalue weighted by atomic mass is 16.3. The van der Waals surface area contributed by atoms with Crippen LogP contribution in [0.2, 0.25) is 0 Å². The van der Waals surface area contributed by atoms with Gasteiger partial charge < -0.3 is 4.42 Å². The molecule has 2 heterocycles. The molecule has 9 rings (SSSR count). The fraction of sp³-hybridized carbons (Fsp3) is 0.119. The van der Waals surface area contributed by atoms with Crippen molar-refractivity contribution in [3.63, 3.8) is 0 Å². The molecule has 0 fully saturated rings. The van der Waals surface area contributed by atoms with E-state index in [4.69, 9.17) is 19.4 Å². The van der Waals surface area contributed by atoms with E-state index < -0.39 is 0 Å². The van der Waals surface area contributed by atoms with Gasteiger partial charge in [0.1, 0.15) is 11.2 Å². The molecule has 0 spiro atoms. The van der Waals surface area contributed by atoms with Crippen LogP contribution in [0.3, 0.4) is 0 Å². The maximum absolute atomic E-state index is 6.67. The summed E-state index contributed by atoms with van der Waals surface area (Å²) < 4.78 is 6.67. The lowest BCUT2D eigenvalue weighted by Crippen LogP contribution is -2.24.